The number of hydrogen-bond donors (Lipinski definition) is 1. The number of amides is 1. The fourth-order valence-electron chi connectivity index (χ4n) is 2.57. The lowest BCUT2D eigenvalue weighted by molar-refractivity contribution is -0.129. The van der Waals surface area contributed by atoms with Crippen LogP contribution in [-0.4, -0.2) is 10.9 Å². The molecule has 1 aromatic rings. The largest absolute Gasteiger partial charge is 0.346 e. The van der Waals surface area contributed by atoms with Crippen molar-refractivity contribution in [2.24, 2.45) is 5.41 Å². The molecule has 1 aliphatic carbocycles. The highest BCUT2D eigenvalue weighted by Crippen LogP contribution is 2.35. The minimum atomic E-state index is -0.831. The summed E-state index contributed by atoms with van der Waals surface area (Å²) in [6.45, 7) is 1.92. The van der Waals surface area contributed by atoms with Crippen LogP contribution in [0.5, 0.6) is 0 Å². The van der Waals surface area contributed by atoms with Gasteiger partial charge in [0.15, 0.2) is 0 Å². The van der Waals surface area contributed by atoms with E-state index in [0.29, 0.717) is 12.8 Å². The third-order valence-electron chi connectivity index (χ3n) is 3.78. The summed E-state index contributed by atoms with van der Waals surface area (Å²) in [4.78, 5) is 16.7. The first kappa shape index (κ1) is 14.0. The van der Waals surface area contributed by atoms with Gasteiger partial charge >= 0.3 is 0 Å². The Balaban J connectivity index is 2.06. The number of nitrogens with zero attached hydrogens (tertiary/aromatic N) is 2. The number of thiazole rings is 1. The summed E-state index contributed by atoms with van der Waals surface area (Å²) in [6.07, 6.45) is 7.27. The van der Waals surface area contributed by atoms with Crippen LogP contribution in [0.2, 0.25) is 0 Å². The summed E-state index contributed by atoms with van der Waals surface area (Å²) in [5.74, 6) is -0.125. The zero-order valence-electron chi connectivity index (χ0n) is 11.2. The molecule has 0 bridgehead atoms. The summed E-state index contributed by atoms with van der Waals surface area (Å²) in [7, 11) is 0. The molecule has 0 radical (unpaired) electrons. The van der Waals surface area contributed by atoms with Gasteiger partial charge < -0.3 is 5.32 Å². The molecule has 0 aromatic carbocycles. The number of aromatic nitrogens is 1. The standard InChI is InChI=1S/C14H19N3OS/c1-11(12-16-8-9-19-12)17-13(18)14(10-15)6-4-2-3-5-7-14/h8-9,11H,2-7H2,1H3,(H,17,18). The van der Waals surface area contributed by atoms with Crippen molar-refractivity contribution in [1.82, 2.24) is 10.3 Å². The van der Waals surface area contributed by atoms with E-state index < -0.39 is 5.41 Å². The SMILES string of the molecule is CC(NC(=O)C1(C#N)CCCCCC1)c1nccs1. The molecule has 1 saturated carbocycles. The lowest BCUT2D eigenvalue weighted by Crippen LogP contribution is -2.41. The number of carbonyl (C=O) groups excluding carboxylic acids is 1. The van der Waals surface area contributed by atoms with E-state index in [0.717, 1.165) is 30.7 Å². The van der Waals surface area contributed by atoms with Crippen LogP contribution in [0.15, 0.2) is 11.6 Å². The van der Waals surface area contributed by atoms with Crippen molar-refractivity contribution in [3.8, 4) is 6.07 Å². The first-order chi connectivity index (χ1) is 9.18. The number of nitrogens with one attached hydrogen (secondary N) is 1. The monoisotopic (exact) mass is 277 g/mol. The number of hydrogen-bond acceptors (Lipinski definition) is 4. The van der Waals surface area contributed by atoms with Crippen LogP contribution in [-0.2, 0) is 4.79 Å². The van der Waals surface area contributed by atoms with Crippen LogP contribution >= 0.6 is 11.3 Å². The average Bonchev–Trinajstić information content (AvgIpc) is 2.84. The first-order valence-corrected chi connectivity index (χ1v) is 7.67. The highest BCUT2D eigenvalue weighted by molar-refractivity contribution is 7.09. The Hall–Kier alpha value is -1.41. The van der Waals surface area contributed by atoms with E-state index >= 15 is 0 Å². The minimum absolute atomic E-state index is 0.124. The second kappa shape index (κ2) is 6.16. The van der Waals surface area contributed by atoms with Gasteiger partial charge in [0.05, 0.1) is 12.1 Å². The predicted molar refractivity (Wildman–Crippen MR) is 74.4 cm³/mol. The molecular weight excluding hydrogens is 258 g/mol. The van der Waals surface area contributed by atoms with Crippen LogP contribution < -0.4 is 5.32 Å². The molecule has 1 fully saturated rings. The van der Waals surface area contributed by atoms with Crippen LogP contribution in [0.4, 0.5) is 0 Å². The molecule has 1 amide bonds. The highest BCUT2D eigenvalue weighted by atomic mass is 32.1. The van der Waals surface area contributed by atoms with Gasteiger partial charge in [-0.3, -0.25) is 4.79 Å². The second-order valence-electron chi connectivity index (χ2n) is 5.17. The topological polar surface area (TPSA) is 65.8 Å². The van der Waals surface area contributed by atoms with Crippen LogP contribution in [0.3, 0.4) is 0 Å². The van der Waals surface area contributed by atoms with Crippen molar-refractivity contribution in [1.29, 1.82) is 5.26 Å². The van der Waals surface area contributed by atoms with Gasteiger partial charge in [-0.05, 0) is 19.8 Å². The smallest absolute Gasteiger partial charge is 0.241 e. The highest BCUT2D eigenvalue weighted by Gasteiger charge is 2.39. The fraction of sp³-hybridized carbons (Fsp3) is 0.643. The molecule has 0 aliphatic heterocycles. The number of carbonyl (C=O) groups is 1. The van der Waals surface area contributed by atoms with Gasteiger partial charge in [-0.25, -0.2) is 4.98 Å². The molecule has 19 heavy (non-hydrogen) atoms. The lowest BCUT2D eigenvalue weighted by atomic mass is 9.81. The van der Waals surface area contributed by atoms with E-state index in [4.69, 9.17) is 0 Å². The molecule has 1 heterocycles. The number of nitriles is 1. The van der Waals surface area contributed by atoms with E-state index in [-0.39, 0.29) is 11.9 Å². The quantitative estimate of drug-likeness (QED) is 0.863. The van der Waals surface area contributed by atoms with E-state index in [1.165, 1.54) is 11.3 Å². The van der Waals surface area contributed by atoms with Gasteiger partial charge in [0, 0.05) is 11.6 Å². The van der Waals surface area contributed by atoms with Crippen molar-refractivity contribution in [3.63, 3.8) is 0 Å². The molecule has 1 atom stereocenters. The minimum Gasteiger partial charge on any atom is -0.346 e. The van der Waals surface area contributed by atoms with E-state index in [2.05, 4.69) is 16.4 Å². The van der Waals surface area contributed by atoms with Gasteiger partial charge in [-0.2, -0.15) is 5.26 Å². The van der Waals surface area contributed by atoms with Crippen molar-refractivity contribution >= 4 is 17.2 Å². The molecule has 4 nitrogen and oxygen atoms in total. The van der Waals surface area contributed by atoms with Crippen molar-refractivity contribution < 1.29 is 4.79 Å². The Morgan fingerprint density at radius 1 is 1.47 bits per heavy atom. The lowest BCUT2D eigenvalue weighted by Gasteiger charge is -2.25. The number of rotatable bonds is 3. The van der Waals surface area contributed by atoms with Gasteiger partial charge in [-0.1, -0.05) is 25.7 Å². The Bertz CT molecular complexity index is 456. The van der Waals surface area contributed by atoms with Gasteiger partial charge in [0.25, 0.3) is 0 Å². The van der Waals surface area contributed by atoms with Crippen molar-refractivity contribution in [2.75, 3.05) is 0 Å². The van der Waals surface area contributed by atoms with Gasteiger partial charge in [0.2, 0.25) is 5.91 Å². The van der Waals surface area contributed by atoms with Crippen LogP contribution in [0.25, 0.3) is 0 Å². The summed E-state index contributed by atoms with van der Waals surface area (Å²) < 4.78 is 0. The molecule has 1 aromatic heterocycles. The van der Waals surface area contributed by atoms with Gasteiger partial charge in [0.1, 0.15) is 10.4 Å². The molecule has 102 valence electrons. The third kappa shape index (κ3) is 3.13. The molecule has 0 spiro atoms. The summed E-state index contributed by atoms with van der Waals surface area (Å²) in [5, 5.41) is 15.2. The predicted octanol–water partition coefficient (Wildman–Crippen LogP) is 3.18. The van der Waals surface area contributed by atoms with Crippen molar-refractivity contribution in [3.05, 3.63) is 16.6 Å². The molecule has 1 aliphatic rings. The third-order valence-corrected chi connectivity index (χ3v) is 4.73. The molecule has 2 rings (SSSR count). The molecular formula is C14H19N3OS. The second-order valence-corrected chi connectivity index (χ2v) is 6.10. The Morgan fingerprint density at radius 2 is 2.16 bits per heavy atom. The fourth-order valence-corrected chi connectivity index (χ4v) is 3.21. The summed E-state index contributed by atoms with van der Waals surface area (Å²) in [5.41, 5.74) is -0.831. The van der Waals surface area contributed by atoms with E-state index in [9.17, 15) is 10.1 Å². The van der Waals surface area contributed by atoms with E-state index in [1.54, 1.807) is 6.20 Å². The maximum Gasteiger partial charge on any atom is 0.241 e. The molecule has 1 N–H and O–H groups in total. The first-order valence-electron chi connectivity index (χ1n) is 6.79. The Morgan fingerprint density at radius 3 is 2.68 bits per heavy atom. The average molecular weight is 277 g/mol. The Kier molecular flexibility index (Phi) is 4.54. The Labute approximate surface area is 117 Å². The molecule has 5 heteroatoms. The normalized spacial score (nSPS) is 20.0. The van der Waals surface area contributed by atoms with Gasteiger partial charge in [-0.15, -0.1) is 11.3 Å². The van der Waals surface area contributed by atoms with Crippen LogP contribution in [0, 0.1) is 16.7 Å². The molecule has 0 saturated heterocycles. The van der Waals surface area contributed by atoms with E-state index in [1.807, 2.05) is 12.3 Å². The summed E-state index contributed by atoms with van der Waals surface area (Å²) in [6, 6.07) is 2.15. The van der Waals surface area contributed by atoms with Crippen LogP contribution in [0.1, 0.15) is 56.5 Å². The maximum absolute atomic E-state index is 12.5. The van der Waals surface area contributed by atoms with Crippen molar-refractivity contribution in [2.45, 2.75) is 51.5 Å². The zero-order valence-corrected chi connectivity index (χ0v) is 12.0. The maximum atomic E-state index is 12.5. The molecule has 1 unspecified atom stereocenters. The summed E-state index contributed by atoms with van der Waals surface area (Å²) >= 11 is 1.52. The zero-order chi connectivity index (χ0) is 13.7.